The third-order valence-corrected chi connectivity index (χ3v) is 16.2. The molecule has 19 atom stereocenters. The summed E-state index contributed by atoms with van der Waals surface area (Å²) in [6.45, 7) is 6.66. The molecule has 6 aliphatic heterocycles. The average molecular weight is 815 g/mol. The van der Waals surface area contributed by atoms with Gasteiger partial charge in [0.25, 0.3) is 0 Å². The highest BCUT2D eigenvalue weighted by Gasteiger charge is 2.91. The van der Waals surface area contributed by atoms with E-state index in [0.717, 1.165) is 0 Å². The Hall–Kier alpha value is -3.50. The van der Waals surface area contributed by atoms with Crippen LogP contribution in [0.2, 0.25) is 0 Å². The van der Waals surface area contributed by atoms with E-state index in [1.807, 2.05) is 38.1 Å². The normalized spacial score (nSPS) is 51.7. The summed E-state index contributed by atoms with van der Waals surface area (Å²) >= 11 is 0. The van der Waals surface area contributed by atoms with Crippen molar-refractivity contribution < 1.29 is 63.5 Å². The molecule has 12 rings (SSSR count). The fraction of sp³-hybridized carbons (Fsp3) is 0.609. The second kappa shape index (κ2) is 13.3. The molecule has 5 N–H and O–H groups in total. The van der Waals surface area contributed by atoms with Crippen molar-refractivity contribution in [1.82, 2.24) is 0 Å². The molecule has 6 heterocycles. The van der Waals surface area contributed by atoms with Gasteiger partial charge >= 0.3 is 17.9 Å². The Kier molecular flexibility index (Phi) is 8.90. The van der Waals surface area contributed by atoms with Crippen LogP contribution in [0.15, 0.2) is 85.0 Å². The largest absolute Gasteiger partial charge is 0.456 e. The van der Waals surface area contributed by atoms with Gasteiger partial charge in [-0.2, -0.15) is 0 Å². The van der Waals surface area contributed by atoms with Crippen molar-refractivity contribution in [1.29, 1.82) is 0 Å². The summed E-state index contributed by atoms with van der Waals surface area (Å²) in [4.78, 5) is 27.2. The van der Waals surface area contributed by atoms with Gasteiger partial charge in [0, 0.05) is 35.3 Å². The molecule has 13 heteroatoms. The Labute approximate surface area is 342 Å². The number of benzene rings is 2. The molecule has 11 bridgehead atoms. The quantitative estimate of drug-likeness (QED) is 0.223. The van der Waals surface area contributed by atoms with E-state index >= 15 is 0 Å². The van der Waals surface area contributed by atoms with Crippen LogP contribution in [0.25, 0.3) is 0 Å². The standard InChI is InChI=1S/C46H54O13/c1-24-21-32-43(52)35(24)55-33(48)18-12-11-17-31(54-39(49)27-13-7-5-8-14-27)30-20-19-28(25(30)2)22-41(4,51)45(53)36-26(3)44(32)34(37-42(23-47,56-37)40(43)50)38(45)58-46(57-36,59-44)29-15-9-6-10-16-29/h5-18,24-26,28,30-32,34-38,40,47,50-53H,19-23H2,1-4H3/t24?,25?,26?,28-,30-,31?,32+,34+,35?,36?,37?,38?,40?,41-,42+,43-,44+,45+,46?/m1/s1. The van der Waals surface area contributed by atoms with Gasteiger partial charge in [-0.3, -0.25) is 0 Å². The number of aliphatic hydroxyl groups excluding tert-OH is 2. The number of carbonyl (C=O) groups excluding carboxylic acids is 2. The van der Waals surface area contributed by atoms with Crippen LogP contribution in [0, 0.1) is 41.4 Å². The maximum atomic E-state index is 13.7. The number of aliphatic hydroxyl groups is 5. The highest BCUT2D eigenvalue weighted by Crippen LogP contribution is 2.75. The Balaban J connectivity index is 1.14. The molecule has 8 fully saturated rings. The van der Waals surface area contributed by atoms with Gasteiger partial charge in [0.2, 0.25) is 0 Å². The molecule has 4 saturated heterocycles. The number of epoxide rings is 1. The molecule has 0 radical (unpaired) electrons. The number of rotatable bonds is 4. The lowest BCUT2D eigenvalue weighted by Crippen LogP contribution is -2.89. The van der Waals surface area contributed by atoms with Crippen molar-refractivity contribution in [3.8, 4) is 0 Å². The summed E-state index contributed by atoms with van der Waals surface area (Å²) in [5.74, 6) is -6.79. The van der Waals surface area contributed by atoms with Crippen LogP contribution in [0.3, 0.4) is 0 Å². The fourth-order valence-electron chi connectivity index (χ4n) is 13.3. The molecule has 10 unspecified atom stereocenters. The Morgan fingerprint density at radius 2 is 1.58 bits per heavy atom. The number of hydrogen-bond donors (Lipinski definition) is 5. The molecular formula is C46H54O13. The zero-order chi connectivity index (χ0) is 41.5. The van der Waals surface area contributed by atoms with Gasteiger partial charge in [-0.15, -0.1) is 0 Å². The van der Waals surface area contributed by atoms with E-state index < -0.39 is 113 Å². The smallest absolute Gasteiger partial charge is 0.338 e. The molecule has 2 aromatic rings. The number of ether oxygens (including phenoxy) is 6. The molecule has 4 aliphatic carbocycles. The van der Waals surface area contributed by atoms with Crippen molar-refractivity contribution in [2.75, 3.05) is 6.61 Å². The lowest BCUT2D eigenvalue weighted by atomic mass is 9.49. The molecule has 4 saturated carbocycles. The minimum absolute atomic E-state index is 0.102. The summed E-state index contributed by atoms with van der Waals surface area (Å²) in [6.07, 6.45) is 0.608. The minimum atomic E-state index is -2.22. The van der Waals surface area contributed by atoms with Crippen molar-refractivity contribution in [2.45, 2.75) is 124 Å². The first-order chi connectivity index (χ1) is 28.1. The van der Waals surface area contributed by atoms with Crippen LogP contribution in [-0.2, 0) is 39.2 Å². The molecule has 13 nitrogen and oxygen atoms in total. The van der Waals surface area contributed by atoms with Crippen LogP contribution < -0.4 is 0 Å². The van der Waals surface area contributed by atoms with Crippen LogP contribution in [-0.4, -0.2) is 109 Å². The second-order valence-electron chi connectivity index (χ2n) is 19.0. The molecular weight excluding hydrogens is 760 g/mol. The van der Waals surface area contributed by atoms with Gasteiger partial charge in [-0.1, -0.05) is 81.5 Å². The number of carbonyl (C=O) groups is 2. The van der Waals surface area contributed by atoms with Gasteiger partial charge in [0.15, 0.2) is 0 Å². The van der Waals surface area contributed by atoms with Crippen LogP contribution in [0.1, 0.15) is 69.3 Å². The highest BCUT2D eigenvalue weighted by molar-refractivity contribution is 5.89. The van der Waals surface area contributed by atoms with Gasteiger partial charge in [0.1, 0.15) is 53.4 Å². The zero-order valence-corrected chi connectivity index (χ0v) is 33.6. The van der Waals surface area contributed by atoms with Crippen molar-refractivity contribution in [3.63, 3.8) is 0 Å². The summed E-state index contributed by atoms with van der Waals surface area (Å²) in [6, 6.07) is 17.7. The lowest BCUT2D eigenvalue weighted by molar-refractivity contribution is -0.595. The summed E-state index contributed by atoms with van der Waals surface area (Å²) in [5, 5.41) is 63.4. The van der Waals surface area contributed by atoms with Crippen molar-refractivity contribution in [2.24, 2.45) is 41.4 Å². The minimum Gasteiger partial charge on any atom is -0.456 e. The molecule has 316 valence electrons. The van der Waals surface area contributed by atoms with Gasteiger partial charge in [-0.25, -0.2) is 9.59 Å². The topological polar surface area (TPSA) is 194 Å². The van der Waals surface area contributed by atoms with Crippen LogP contribution >= 0.6 is 0 Å². The number of hydrogen-bond acceptors (Lipinski definition) is 13. The van der Waals surface area contributed by atoms with Gasteiger partial charge in [-0.05, 0) is 68.6 Å². The van der Waals surface area contributed by atoms with Crippen molar-refractivity contribution in [3.05, 3.63) is 96.1 Å². The Bertz CT molecular complexity index is 2060. The summed E-state index contributed by atoms with van der Waals surface area (Å²) < 4.78 is 39.7. The van der Waals surface area contributed by atoms with E-state index in [0.29, 0.717) is 24.0 Å². The van der Waals surface area contributed by atoms with Gasteiger partial charge < -0.3 is 54.0 Å². The molecule has 2 aromatic carbocycles. The van der Waals surface area contributed by atoms with E-state index in [4.69, 9.17) is 28.4 Å². The van der Waals surface area contributed by atoms with Crippen LogP contribution in [0.5, 0.6) is 0 Å². The first kappa shape index (κ1) is 39.6. The number of allylic oxidation sites excluding steroid dienone is 2. The Morgan fingerprint density at radius 1 is 0.881 bits per heavy atom. The summed E-state index contributed by atoms with van der Waals surface area (Å²) in [5.41, 5.74) is -8.50. The predicted octanol–water partition coefficient (Wildman–Crippen LogP) is 3.31. The lowest BCUT2D eigenvalue weighted by Gasteiger charge is -2.74. The number of esters is 2. The second-order valence-corrected chi connectivity index (χ2v) is 19.0. The van der Waals surface area contributed by atoms with Crippen molar-refractivity contribution >= 4 is 11.9 Å². The third kappa shape index (κ3) is 5.17. The molecule has 10 aliphatic rings. The van der Waals surface area contributed by atoms with E-state index in [9.17, 15) is 35.1 Å². The average Bonchev–Trinajstić information content (AvgIpc) is 3.79. The monoisotopic (exact) mass is 814 g/mol. The zero-order valence-electron chi connectivity index (χ0n) is 33.6. The SMILES string of the molecule is CC1C[C@H]2[C@@]3(O)C1OC(=O)C=CC=CC(OC(=O)c1ccccc1)[C@@H]1CC[C@H](C[C@@](C)(O)[C@]4(O)C5OC6(c7ccccc7)OC4[C@H](C4O[C@]4(CO)C3O)[C@]2(O6)C5C)C1C. The summed E-state index contributed by atoms with van der Waals surface area (Å²) in [7, 11) is 0. The van der Waals surface area contributed by atoms with Gasteiger partial charge in [0.05, 0.1) is 23.4 Å². The van der Waals surface area contributed by atoms with E-state index in [1.54, 1.807) is 55.5 Å². The van der Waals surface area contributed by atoms with E-state index in [1.165, 1.54) is 12.2 Å². The first-order valence-corrected chi connectivity index (χ1v) is 21.2. The maximum Gasteiger partial charge on any atom is 0.338 e. The molecule has 0 aromatic heterocycles. The van der Waals surface area contributed by atoms with E-state index in [2.05, 4.69) is 6.92 Å². The molecule has 0 amide bonds. The third-order valence-electron chi connectivity index (χ3n) is 16.2. The maximum absolute atomic E-state index is 13.7. The van der Waals surface area contributed by atoms with E-state index in [-0.39, 0.29) is 30.6 Å². The predicted molar refractivity (Wildman–Crippen MR) is 207 cm³/mol. The molecule has 59 heavy (non-hydrogen) atoms. The number of fused-ring (bicyclic) bond motifs is 6. The van der Waals surface area contributed by atoms with Crippen LogP contribution in [0.4, 0.5) is 0 Å². The highest BCUT2D eigenvalue weighted by atomic mass is 16.9. The first-order valence-electron chi connectivity index (χ1n) is 21.2. The fourth-order valence-corrected chi connectivity index (χ4v) is 13.3. The Morgan fingerprint density at radius 3 is 2.29 bits per heavy atom. The molecule has 1 spiro atoms.